The lowest BCUT2D eigenvalue weighted by molar-refractivity contribution is 0.0894. The Morgan fingerprint density at radius 1 is 1.57 bits per heavy atom. The molecule has 0 aliphatic carbocycles. The van der Waals surface area contributed by atoms with Gasteiger partial charge in [-0.2, -0.15) is 0 Å². The van der Waals surface area contributed by atoms with Crippen molar-refractivity contribution in [1.29, 1.82) is 0 Å². The summed E-state index contributed by atoms with van der Waals surface area (Å²) in [6, 6.07) is 5.20. The van der Waals surface area contributed by atoms with Crippen molar-refractivity contribution in [2.45, 2.75) is 12.5 Å². The Balaban J connectivity index is 2.49. The second kappa shape index (κ2) is 3.46. The summed E-state index contributed by atoms with van der Waals surface area (Å²) in [7, 11) is 0. The lowest BCUT2D eigenvalue weighted by Crippen LogP contribution is -2.25. The van der Waals surface area contributed by atoms with Crippen molar-refractivity contribution < 1.29 is 9.53 Å². The number of fused-ring (bicyclic) bond motifs is 1. The third-order valence-electron chi connectivity index (χ3n) is 2.18. The number of Topliss-reactive ketones (excluding diaryl/α,β-unsaturated/α-hetero) is 1. The van der Waals surface area contributed by atoms with Gasteiger partial charge >= 0.3 is 0 Å². The van der Waals surface area contributed by atoms with E-state index in [-0.39, 0.29) is 11.9 Å². The van der Waals surface area contributed by atoms with E-state index in [0.717, 1.165) is 0 Å². The number of carbonyl (C=O) groups excluding carboxylic acids is 1. The van der Waals surface area contributed by atoms with Crippen LogP contribution >= 0.6 is 11.6 Å². The molecular formula is C11H9ClO2. The molecule has 2 rings (SSSR count). The average Bonchev–Trinajstić information content (AvgIpc) is 2.17. The fourth-order valence-corrected chi connectivity index (χ4v) is 1.77. The van der Waals surface area contributed by atoms with Crippen LogP contribution in [0.1, 0.15) is 16.8 Å². The van der Waals surface area contributed by atoms with Crippen molar-refractivity contribution in [2.75, 3.05) is 0 Å². The van der Waals surface area contributed by atoms with Crippen LogP contribution in [0.15, 0.2) is 30.9 Å². The number of ether oxygens (including phenoxy) is 1. The second-order valence-electron chi connectivity index (χ2n) is 3.13. The quantitative estimate of drug-likeness (QED) is 0.664. The van der Waals surface area contributed by atoms with Gasteiger partial charge in [-0.25, -0.2) is 0 Å². The summed E-state index contributed by atoms with van der Waals surface area (Å²) in [6.45, 7) is 3.60. The molecule has 1 aromatic rings. The van der Waals surface area contributed by atoms with Gasteiger partial charge in [-0.3, -0.25) is 4.79 Å². The first-order valence-corrected chi connectivity index (χ1v) is 4.71. The molecular weight excluding hydrogens is 200 g/mol. The van der Waals surface area contributed by atoms with Gasteiger partial charge in [0.05, 0.1) is 17.0 Å². The standard InChI is InChI=1S/C11H9ClO2/c1-2-7-6-9(13)11-8(12)4-3-5-10(11)14-7/h2-5,7H,1,6H2. The highest BCUT2D eigenvalue weighted by atomic mass is 35.5. The topological polar surface area (TPSA) is 26.3 Å². The van der Waals surface area contributed by atoms with Gasteiger partial charge in [0.1, 0.15) is 11.9 Å². The van der Waals surface area contributed by atoms with E-state index in [4.69, 9.17) is 16.3 Å². The normalized spacial score (nSPS) is 19.8. The van der Waals surface area contributed by atoms with Crippen LogP contribution in [0.5, 0.6) is 5.75 Å². The van der Waals surface area contributed by atoms with E-state index < -0.39 is 0 Å². The van der Waals surface area contributed by atoms with E-state index in [2.05, 4.69) is 6.58 Å². The van der Waals surface area contributed by atoms with Gasteiger partial charge in [-0.05, 0) is 12.1 Å². The number of hydrogen-bond acceptors (Lipinski definition) is 2. The number of hydrogen-bond donors (Lipinski definition) is 0. The molecule has 0 N–H and O–H groups in total. The van der Waals surface area contributed by atoms with Gasteiger partial charge in [0, 0.05) is 0 Å². The summed E-state index contributed by atoms with van der Waals surface area (Å²) in [4.78, 5) is 11.7. The Bertz CT molecular complexity index is 398. The minimum absolute atomic E-state index is 0.0155. The Labute approximate surface area is 87.1 Å². The smallest absolute Gasteiger partial charge is 0.172 e. The van der Waals surface area contributed by atoms with Crippen molar-refractivity contribution in [3.05, 3.63) is 41.4 Å². The minimum atomic E-state index is -0.228. The predicted octanol–water partition coefficient (Wildman–Crippen LogP) is 2.86. The average molecular weight is 209 g/mol. The maximum atomic E-state index is 11.7. The number of halogens is 1. The van der Waals surface area contributed by atoms with E-state index in [0.29, 0.717) is 22.8 Å². The molecule has 0 radical (unpaired) electrons. The van der Waals surface area contributed by atoms with Crippen LogP contribution in [0.3, 0.4) is 0 Å². The first-order chi connectivity index (χ1) is 6.72. The monoisotopic (exact) mass is 208 g/mol. The largest absolute Gasteiger partial charge is 0.485 e. The molecule has 14 heavy (non-hydrogen) atoms. The first kappa shape index (κ1) is 9.28. The van der Waals surface area contributed by atoms with Crippen LogP contribution in [0, 0.1) is 0 Å². The summed E-state index contributed by atoms with van der Waals surface area (Å²) < 4.78 is 5.51. The van der Waals surface area contributed by atoms with Crippen LogP contribution in [-0.2, 0) is 0 Å². The van der Waals surface area contributed by atoms with E-state index in [1.165, 1.54) is 0 Å². The summed E-state index contributed by atoms with van der Waals surface area (Å²) in [5, 5.41) is 0.454. The zero-order chi connectivity index (χ0) is 10.1. The summed E-state index contributed by atoms with van der Waals surface area (Å²) >= 11 is 5.90. The van der Waals surface area contributed by atoms with Crippen LogP contribution in [0.4, 0.5) is 0 Å². The molecule has 3 heteroatoms. The summed E-state index contributed by atoms with van der Waals surface area (Å²) in [5.41, 5.74) is 0.493. The van der Waals surface area contributed by atoms with Gasteiger partial charge in [-0.15, -0.1) is 0 Å². The highest BCUT2D eigenvalue weighted by molar-refractivity contribution is 6.34. The third kappa shape index (κ3) is 1.42. The van der Waals surface area contributed by atoms with Gasteiger partial charge < -0.3 is 4.74 Å². The fraction of sp³-hybridized carbons (Fsp3) is 0.182. The number of ketones is 1. The van der Waals surface area contributed by atoms with Gasteiger partial charge in [-0.1, -0.05) is 30.3 Å². The predicted molar refractivity (Wildman–Crippen MR) is 55.0 cm³/mol. The summed E-state index contributed by atoms with van der Waals surface area (Å²) in [6.07, 6.45) is 1.72. The molecule has 1 heterocycles. The van der Waals surface area contributed by atoms with Crippen molar-refractivity contribution in [3.63, 3.8) is 0 Å². The molecule has 0 amide bonds. The van der Waals surface area contributed by atoms with E-state index >= 15 is 0 Å². The van der Waals surface area contributed by atoms with Crippen LogP contribution in [0.25, 0.3) is 0 Å². The minimum Gasteiger partial charge on any atom is -0.485 e. The SMILES string of the molecule is C=CC1CC(=O)c2c(Cl)cccc2O1. The third-order valence-corrected chi connectivity index (χ3v) is 2.50. The zero-order valence-electron chi connectivity index (χ0n) is 7.50. The highest BCUT2D eigenvalue weighted by Crippen LogP contribution is 2.32. The highest BCUT2D eigenvalue weighted by Gasteiger charge is 2.26. The Morgan fingerprint density at radius 2 is 2.36 bits per heavy atom. The van der Waals surface area contributed by atoms with E-state index in [1.807, 2.05) is 0 Å². The van der Waals surface area contributed by atoms with Crippen molar-refractivity contribution >= 4 is 17.4 Å². The Kier molecular flexibility index (Phi) is 2.30. The molecule has 0 aromatic heterocycles. The lowest BCUT2D eigenvalue weighted by Gasteiger charge is -2.23. The van der Waals surface area contributed by atoms with E-state index in [1.54, 1.807) is 24.3 Å². The van der Waals surface area contributed by atoms with E-state index in [9.17, 15) is 4.79 Å². The van der Waals surface area contributed by atoms with Gasteiger partial charge in [0.25, 0.3) is 0 Å². The lowest BCUT2D eigenvalue weighted by atomic mass is 10.0. The first-order valence-electron chi connectivity index (χ1n) is 4.33. The van der Waals surface area contributed by atoms with Crippen molar-refractivity contribution in [2.24, 2.45) is 0 Å². The number of rotatable bonds is 1. The van der Waals surface area contributed by atoms with Gasteiger partial charge in [0.15, 0.2) is 5.78 Å². The Morgan fingerprint density at radius 3 is 3.07 bits per heavy atom. The number of carbonyl (C=O) groups is 1. The Hall–Kier alpha value is -1.28. The zero-order valence-corrected chi connectivity index (χ0v) is 8.25. The molecule has 0 saturated heterocycles. The molecule has 1 atom stereocenters. The van der Waals surface area contributed by atoms with Crippen molar-refractivity contribution in [1.82, 2.24) is 0 Å². The molecule has 1 unspecified atom stereocenters. The maximum Gasteiger partial charge on any atom is 0.172 e. The number of benzene rings is 1. The summed E-state index contributed by atoms with van der Waals surface area (Å²) in [5.74, 6) is 0.570. The molecule has 1 aliphatic rings. The van der Waals surface area contributed by atoms with Crippen LogP contribution in [0.2, 0.25) is 5.02 Å². The fourth-order valence-electron chi connectivity index (χ4n) is 1.49. The van der Waals surface area contributed by atoms with Gasteiger partial charge in [0.2, 0.25) is 0 Å². The second-order valence-corrected chi connectivity index (χ2v) is 3.54. The van der Waals surface area contributed by atoms with Crippen LogP contribution < -0.4 is 4.74 Å². The molecule has 0 spiro atoms. The van der Waals surface area contributed by atoms with Crippen LogP contribution in [-0.4, -0.2) is 11.9 Å². The molecule has 1 aromatic carbocycles. The molecule has 2 nitrogen and oxygen atoms in total. The molecule has 1 aliphatic heterocycles. The molecule has 72 valence electrons. The molecule has 0 saturated carbocycles. The molecule has 0 bridgehead atoms. The van der Waals surface area contributed by atoms with Crippen molar-refractivity contribution in [3.8, 4) is 5.75 Å². The maximum absolute atomic E-state index is 11.7. The molecule has 0 fully saturated rings.